The van der Waals surface area contributed by atoms with Gasteiger partial charge in [-0.25, -0.2) is 4.39 Å². The second-order valence-electron chi connectivity index (χ2n) is 5.12. The first-order valence-corrected chi connectivity index (χ1v) is 7.20. The zero-order chi connectivity index (χ0) is 13.5. The van der Waals surface area contributed by atoms with Crippen molar-refractivity contribution in [3.8, 4) is 0 Å². The minimum absolute atomic E-state index is 0.342. The molecule has 0 amide bonds. The van der Waals surface area contributed by atoms with Crippen LogP contribution in [0.3, 0.4) is 0 Å². The van der Waals surface area contributed by atoms with Crippen molar-refractivity contribution in [1.82, 2.24) is 4.37 Å². The normalized spacial score (nSPS) is 18.6. The number of aliphatic carboxylic acids is 1. The molecule has 1 aliphatic rings. The topological polar surface area (TPSA) is 50.2 Å². The molecule has 1 heterocycles. The van der Waals surface area contributed by atoms with Gasteiger partial charge in [0.05, 0.1) is 10.4 Å². The Kier molecular flexibility index (Phi) is 3.01. The van der Waals surface area contributed by atoms with E-state index in [4.69, 9.17) is 0 Å². The van der Waals surface area contributed by atoms with Gasteiger partial charge in [0, 0.05) is 5.39 Å². The van der Waals surface area contributed by atoms with Crippen molar-refractivity contribution >= 4 is 27.6 Å². The number of carbonyl (C=O) groups is 1. The third-order valence-electron chi connectivity index (χ3n) is 4.00. The summed E-state index contributed by atoms with van der Waals surface area (Å²) in [5.74, 6) is -1.17. The summed E-state index contributed by atoms with van der Waals surface area (Å²) < 4.78 is 18.6. The molecule has 3 rings (SSSR count). The summed E-state index contributed by atoms with van der Waals surface area (Å²) in [6.45, 7) is 0. The summed E-state index contributed by atoms with van der Waals surface area (Å²) >= 11 is 1.25. The lowest BCUT2D eigenvalue weighted by Crippen LogP contribution is -2.38. The molecule has 5 heteroatoms. The number of hydrogen-bond donors (Lipinski definition) is 1. The molecular weight excluding hydrogens is 265 g/mol. The highest BCUT2D eigenvalue weighted by Crippen LogP contribution is 2.43. The fourth-order valence-electron chi connectivity index (χ4n) is 2.96. The molecule has 3 nitrogen and oxygen atoms in total. The predicted molar refractivity (Wildman–Crippen MR) is 72.0 cm³/mol. The molecule has 0 spiro atoms. The smallest absolute Gasteiger partial charge is 0.315 e. The number of halogens is 1. The van der Waals surface area contributed by atoms with Crippen LogP contribution in [0.4, 0.5) is 4.39 Å². The number of rotatable bonds is 2. The van der Waals surface area contributed by atoms with Crippen LogP contribution in [-0.4, -0.2) is 15.4 Å². The number of carboxylic acids is 1. The molecule has 0 radical (unpaired) electrons. The quantitative estimate of drug-likeness (QED) is 0.911. The Bertz CT molecular complexity index is 631. The lowest BCUT2D eigenvalue weighted by molar-refractivity contribution is -0.145. The van der Waals surface area contributed by atoms with E-state index in [2.05, 4.69) is 4.37 Å². The van der Waals surface area contributed by atoms with Crippen LogP contribution in [0, 0.1) is 5.82 Å². The van der Waals surface area contributed by atoms with E-state index in [0.717, 1.165) is 24.0 Å². The van der Waals surface area contributed by atoms with Crippen LogP contribution >= 0.6 is 11.5 Å². The maximum Gasteiger partial charge on any atom is 0.315 e. The number of fused-ring (bicyclic) bond motifs is 1. The molecule has 1 aliphatic carbocycles. The van der Waals surface area contributed by atoms with Gasteiger partial charge in [-0.15, -0.1) is 0 Å². The fraction of sp³-hybridized carbons (Fsp3) is 0.429. The first-order chi connectivity index (χ1) is 9.13. The zero-order valence-electron chi connectivity index (χ0n) is 10.4. The molecular formula is C14H14FNO2S. The van der Waals surface area contributed by atoms with Gasteiger partial charge in [-0.2, -0.15) is 4.37 Å². The highest BCUT2D eigenvalue weighted by atomic mass is 32.1. The van der Waals surface area contributed by atoms with Gasteiger partial charge in [-0.1, -0.05) is 19.3 Å². The standard InChI is InChI=1S/C14H14FNO2S/c15-9-4-5-11-10(8-9)12(16-19-11)14(13(17)18)6-2-1-3-7-14/h4-5,8H,1-3,6-7H2,(H,17,18). The summed E-state index contributed by atoms with van der Waals surface area (Å²) in [6.07, 6.45) is 4.03. The van der Waals surface area contributed by atoms with Crippen molar-refractivity contribution in [2.24, 2.45) is 0 Å². The van der Waals surface area contributed by atoms with Gasteiger partial charge in [0.25, 0.3) is 0 Å². The highest BCUT2D eigenvalue weighted by molar-refractivity contribution is 7.13. The van der Waals surface area contributed by atoms with Gasteiger partial charge in [-0.05, 0) is 42.6 Å². The van der Waals surface area contributed by atoms with E-state index < -0.39 is 11.4 Å². The van der Waals surface area contributed by atoms with Gasteiger partial charge in [0.15, 0.2) is 0 Å². The Morgan fingerprint density at radius 2 is 2.05 bits per heavy atom. The van der Waals surface area contributed by atoms with E-state index in [0.29, 0.717) is 23.9 Å². The molecule has 19 heavy (non-hydrogen) atoms. The lowest BCUT2D eigenvalue weighted by Gasteiger charge is -2.31. The monoisotopic (exact) mass is 279 g/mol. The minimum Gasteiger partial charge on any atom is -0.481 e. The molecule has 2 aromatic rings. The molecule has 0 aliphatic heterocycles. The Hall–Kier alpha value is -1.49. The Morgan fingerprint density at radius 1 is 1.32 bits per heavy atom. The number of nitrogens with zero attached hydrogens (tertiary/aromatic N) is 1. The molecule has 0 saturated heterocycles. The first kappa shape index (κ1) is 12.5. The van der Waals surface area contributed by atoms with Crippen LogP contribution in [-0.2, 0) is 10.2 Å². The number of benzene rings is 1. The van der Waals surface area contributed by atoms with Gasteiger partial charge >= 0.3 is 5.97 Å². The van der Waals surface area contributed by atoms with Crippen molar-refractivity contribution in [3.63, 3.8) is 0 Å². The maximum atomic E-state index is 13.4. The van der Waals surface area contributed by atoms with Crippen molar-refractivity contribution in [3.05, 3.63) is 29.7 Å². The molecule has 1 aromatic carbocycles. The van der Waals surface area contributed by atoms with E-state index in [1.165, 1.54) is 23.7 Å². The molecule has 1 fully saturated rings. The van der Waals surface area contributed by atoms with Gasteiger partial charge in [0.2, 0.25) is 0 Å². The van der Waals surface area contributed by atoms with Gasteiger partial charge < -0.3 is 5.11 Å². The Balaban J connectivity index is 2.20. The van der Waals surface area contributed by atoms with E-state index in [1.807, 2.05) is 0 Å². The van der Waals surface area contributed by atoms with E-state index >= 15 is 0 Å². The van der Waals surface area contributed by atoms with Crippen LogP contribution in [0.5, 0.6) is 0 Å². The molecule has 100 valence electrons. The SMILES string of the molecule is O=C(O)C1(c2nsc3ccc(F)cc23)CCCCC1. The maximum absolute atomic E-state index is 13.4. The van der Waals surface area contributed by atoms with Gasteiger partial charge in [0.1, 0.15) is 11.2 Å². The molecule has 0 bridgehead atoms. The third kappa shape index (κ3) is 1.92. The fourth-order valence-corrected chi connectivity index (χ4v) is 3.81. The minimum atomic E-state index is -0.926. The Labute approximate surface area is 114 Å². The summed E-state index contributed by atoms with van der Waals surface area (Å²) in [4.78, 5) is 11.8. The molecule has 0 unspecified atom stereocenters. The van der Waals surface area contributed by atoms with Crippen molar-refractivity contribution in [1.29, 1.82) is 0 Å². The van der Waals surface area contributed by atoms with Crippen LogP contribution in [0.15, 0.2) is 18.2 Å². The summed E-state index contributed by atoms with van der Waals surface area (Å²) in [6, 6.07) is 4.47. The average molecular weight is 279 g/mol. The second kappa shape index (κ2) is 4.56. The number of carboxylic acid groups (broad SMARTS) is 1. The van der Waals surface area contributed by atoms with E-state index in [-0.39, 0.29) is 5.82 Å². The highest BCUT2D eigenvalue weighted by Gasteiger charge is 2.44. The summed E-state index contributed by atoms with van der Waals surface area (Å²) in [7, 11) is 0. The molecule has 0 atom stereocenters. The van der Waals surface area contributed by atoms with Crippen LogP contribution in [0.2, 0.25) is 0 Å². The van der Waals surface area contributed by atoms with E-state index in [1.54, 1.807) is 6.07 Å². The Morgan fingerprint density at radius 3 is 2.74 bits per heavy atom. The zero-order valence-corrected chi connectivity index (χ0v) is 11.2. The first-order valence-electron chi connectivity index (χ1n) is 6.42. The molecule has 1 aromatic heterocycles. The van der Waals surface area contributed by atoms with Crippen LogP contribution in [0.25, 0.3) is 10.1 Å². The van der Waals surface area contributed by atoms with Gasteiger partial charge in [-0.3, -0.25) is 4.79 Å². The van der Waals surface area contributed by atoms with Crippen molar-refractivity contribution in [2.75, 3.05) is 0 Å². The third-order valence-corrected chi connectivity index (χ3v) is 4.83. The lowest BCUT2D eigenvalue weighted by atomic mass is 9.71. The summed E-state index contributed by atoms with van der Waals surface area (Å²) in [5.41, 5.74) is -0.371. The number of aromatic nitrogens is 1. The van der Waals surface area contributed by atoms with Crippen molar-refractivity contribution in [2.45, 2.75) is 37.5 Å². The van der Waals surface area contributed by atoms with Crippen LogP contribution in [0.1, 0.15) is 37.8 Å². The predicted octanol–water partition coefficient (Wildman–Crippen LogP) is 3.72. The van der Waals surface area contributed by atoms with E-state index in [9.17, 15) is 14.3 Å². The number of hydrogen-bond acceptors (Lipinski definition) is 3. The average Bonchev–Trinajstić information content (AvgIpc) is 2.82. The summed E-state index contributed by atoms with van der Waals surface area (Å²) in [5, 5.41) is 10.3. The van der Waals surface area contributed by atoms with Crippen LogP contribution < -0.4 is 0 Å². The van der Waals surface area contributed by atoms with Crippen molar-refractivity contribution < 1.29 is 14.3 Å². The second-order valence-corrected chi connectivity index (χ2v) is 5.92. The molecule has 1 N–H and O–H groups in total. The largest absolute Gasteiger partial charge is 0.481 e. The molecule has 1 saturated carbocycles.